The van der Waals surface area contributed by atoms with E-state index in [-0.39, 0.29) is 12.5 Å². The molecule has 0 bridgehead atoms. The molecule has 2 heterocycles. The molecular formula is C20H17NO4. The van der Waals surface area contributed by atoms with Crippen molar-refractivity contribution in [1.82, 2.24) is 0 Å². The van der Waals surface area contributed by atoms with Crippen LogP contribution in [0, 0.1) is 0 Å². The molecule has 0 radical (unpaired) electrons. The van der Waals surface area contributed by atoms with Gasteiger partial charge in [0.15, 0.2) is 23.0 Å². The number of ether oxygens (including phenoxy) is 3. The fraction of sp³-hybridized carbons (Fsp3) is 0.200. The first kappa shape index (κ1) is 14.3. The summed E-state index contributed by atoms with van der Waals surface area (Å²) in [6.07, 6.45) is 0. The molecule has 3 aromatic rings. The van der Waals surface area contributed by atoms with Crippen molar-refractivity contribution in [1.29, 1.82) is 0 Å². The van der Waals surface area contributed by atoms with Gasteiger partial charge in [-0.05, 0) is 40.8 Å². The van der Waals surface area contributed by atoms with E-state index in [9.17, 15) is 5.11 Å². The molecule has 5 heteroatoms. The summed E-state index contributed by atoms with van der Waals surface area (Å²) in [5.74, 6) is 2.23. The summed E-state index contributed by atoms with van der Waals surface area (Å²) >= 11 is 0. The highest BCUT2D eigenvalue weighted by Crippen LogP contribution is 2.48. The first-order valence-electron chi connectivity index (χ1n) is 8.13. The van der Waals surface area contributed by atoms with Crippen LogP contribution in [0.3, 0.4) is 0 Å². The first-order chi connectivity index (χ1) is 12.2. The highest BCUT2D eigenvalue weighted by molar-refractivity contribution is 6.05. The predicted octanol–water partition coefficient (Wildman–Crippen LogP) is 3.90. The fourth-order valence-electron chi connectivity index (χ4n) is 3.82. The average Bonchev–Trinajstić information content (AvgIpc) is 3.06. The molecule has 25 heavy (non-hydrogen) atoms. The highest BCUT2D eigenvalue weighted by atomic mass is 16.7. The normalized spacial score (nSPS) is 14.4. The monoisotopic (exact) mass is 335 g/mol. The minimum atomic E-state index is 0.169. The molecule has 2 aliphatic rings. The van der Waals surface area contributed by atoms with Crippen molar-refractivity contribution in [3.8, 4) is 34.1 Å². The molecule has 0 saturated heterocycles. The highest BCUT2D eigenvalue weighted by Gasteiger charge is 2.25. The quantitative estimate of drug-likeness (QED) is 0.731. The summed E-state index contributed by atoms with van der Waals surface area (Å²) in [5.41, 5.74) is 4.43. The van der Waals surface area contributed by atoms with Crippen LogP contribution in [-0.2, 0) is 6.54 Å². The van der Waals surface area contributed by atoms with Crippen molar-refractivity contribution in [3.05, 3.63) is 42.0 Å². The zero-order chi connectivity index (χ0) is 17.1. The SMILES string of the molecule is COc1cc2c(cc1O)CN(C)c1c-2ccc2cc3c(cc12)OCO3. The largest absolute Gasteiger partial charge is 0.504 e. The van der Waals surface area contributed by atoms with E-state index in [1.807, 2.05) is 12.1 Å². The summed E-state index contributed by atoms with van der Waals surface area (Å²) in [6.45, 7) is 0.983. The maximum absolute atomic E-state index is 10.1. The Kier molecular flexibility index (Phi) is 2.83. The third kappa shape index (κ3) is 1.95. The molecule has 0 spiro atoms. The molecule has 0 amide bonds. The number of fused-ring (bicyclic) bond motifs is 6. The molecule has 5 nitrogen and oxygen atoms in total. The predicted molar refractivity (Wildman–Crippen MR) is 95.8 cm³/mol. The Morgan fingerprint density at radius 2 is 1.84 bits per heavy atom. The molecule has 0 fully saturated rings. The molecule has 0 aliphatic carbocycles. The van der Waals surface area contributed by atoms with Gasteiger partial charge in [-0.25, -0.2) is 0 Å². The number of methoxy groups -OCH3 is 1. The van der Waals surface area contributed by atoms with Gasteiger partial charge in [0.05, 0.1) is 12.8 Å². The minimum absolute atomic E-state index is 0.169. The van der Waals surface area contributed by atoms with Crippen molar-refractivity contribution >= 4 is 16.5 Å². The van der Waals surface area contributed by atoms with Crippen LogP contribution in [0.25, 0.3) is 21.9 Å². The number of nitrogens with zero attached hydrogens (tertiary/aromatic N) is 1. The average molecular weight is 335 g/mol. The lowest BCUT2D eigenvalue weighted by Crippen LogP contribution is -2.22. The van der Waals surface area contributed by atoms with Crippen molar-refractivity contribution in [2.45, 2.75) is 6.54 Å². The van der Waals surface area contributed by atoms with Crippen LogP contribution in [0.5, 0.6) is 23.0 Å². The van der Waals surface area contributed by atoms with Gasteiger partial charge in [0, 0.05) is 24.5 Å². The lowest BCUT2D eigenvalue weighted by molar-refractivity contribution is 0.174. The summed E-state index contributed by atoms with van der Waals surface area (Å²) < 4.78 is 16.4. The molecule has 0 unspecified atom stereocenters. The zero-order valence-corrected chi connectivity index (χ0v) is 14.0. The third-order valence-electron chi connectivity index (χ3n) is 4.97. The van der Waals surface area contributed by atoms with E-state index < -0.39 is 0 Å². The maximum Gasteiger partial charge on any atom is 0.231 e. The molecule has 126 valence electrons. The van der Waals surface area contributed by atoms with Crippen LogP contribution in [-0.4, -0.2) is 26.1 Å². The van der Waals surface area contributed by atoms with E-state index >= 15 is 0 Å². The third-order valence-corrected chi connectivity index (χ3v) is 4.97. The second-order valence-corrected chi connectivity index (χ2v) is 6.43. The Morgan fingerprint density at radius 1 is 1.04 bits per heavy atom. The number of rotatable bonds is 1. The number of phenols is 1. The number of hydrogen-bond donors (Lipinski definition) is 1. The van der Waals surface area contributed by atoms with E-state index in [0.717, 1.165) is 44.6 Å². The first-order valence-corrected chi connectivity index (χ1v) is 8.13. The smallest absolute Gasteiger partial charge is 0.231 e. The molecule has 2 aliphatic heterocycles. The fourth-order valence-corrected chi connectivity index (χ4v) is 3.82. The molecule has 0 saturated carbocycles. The van der Waals surface area contributed by atoms with E-state index in [1.54, 1.807) is 13.2 Å². The van der Waals surface area contributed by atoms with Crippen molar-refractivity contribution in [3.63, 3.8) is 0 Å². The Hall–Kier alpha value is -3.08. The molecule has 3 aromatic carbocycles. The van der Waals surface area contributed by atoms with E-state index in [0.29, 0.717) is 12.3 Å². The zero-order valence-electron chi connectivity index (χ0n) is 14.0. The van der Waals surface area contributed by atoms with Gasteiger partial charge in [-0.3, -0.25) is 0 Å². The summed E-state index contributed by atoms with van der Waals surface area (Å²) in [6, 6.07) is 12.0. The van der Waals surface area contributed by atoms with Gasteiger partial charge < -0.3 is 24.2 Å². The molecule has 1 N–H and O–H groups in total. The Balaban J connectivity index is 1.81. The Bertz CT molecular complexity index is 1030. The number of aromatic hydroxyl groups is 1. The van der Waals surface area contributed by atoms with Gasteiger partial charge in [-0.2, -0.15) is 0 Å². The summed E-state index contributed by atoms with van der Waals surface area (Å²) in [7, 11) is 3.63. The summed E-state index contributed by atoms with van der Waals surface area (Å²) in [5, 5.41) is 12.3. The van der Waals surface area contributed by atoms with Crippen LogP contribution in [0.2, 0.25) is 0 Å². The molecular weight excluding hydrogens is 318 g/mol. The number of anilines is 1. The molecule has 0 aromatic heterocycles. The van der Waals surface area contributed by atoms with Crippen molar-refractivity contribution in [2.24, 2.45) is 0 Å². The molecule has 5 rings (SSSR count). The van der Waals surface area contributed by atoms with E-state index in [1.165, 1.54) is 0 Å². The standard InChI is InChI=1S/C20H17NO4/c1-21-9-12-5-16(22)17(23-2)7-14(12)13-4-3-11-6-18-19(25-10-24-18)8-15(11)20(13)21/h3-8,22H,9-10H2,1-2H3. The van der Waals surface area contributed by atoms with Crippen LogP contribution < -0.4 is 19.1 Å². The maximum atomic E-state index is 10.1. The molecule has 0 atom stereocenters. The lowest BCUT2D eigenvalue weighted by atomic mass is 9.90. The van der Waals surface area contributed by atoms with E-state index in [4.69, 9.17) is 14.2 Å². The van der Waals surface area contributed by atoms with Crippen LogP contribution in [0.4, 0.5) is 5.69 Å². The summed E-state index contributed by atoms with van der Waals surface area (Å²) in [4.78, 5) is 2.20. The topological polar surface area (TPSA) is 51.2 Å². The number of benzene rings is 3. The van der Waals surface area contributed by atoms with Gasteiger partial charge in [-0.15, -0.1) is 0 Å². The van der Waals surface area contributed by atoms with Crippen LogP contribution in [0.1, 0.15) is 5.56 Å². The number of phenolic OH excluding ortho intramolecular Hbond substituents is 1. The van der Waals surface area contributed by atoms with Gasteiger partial charge in [0.1, 0.15) is 0 Å². The van der Waals surface area contributed by atoms with Gasteiger partial charge in [0.2, 0.25) is 6.79 Å². The van der Waals surface area contributed by atoms with Crippen LogP contribution in [0.15, 0.2) is 36.4 Å². The second kappa shape index (κ2) is 4.96. The number of hydrogen-bond acceptors (Lipinski definition) is 5. The van der Waals surface area contributed by atoms with Crippen molar-refractivity contribution in [2.75, 3.05) is 25.9 Å². The van der Waals surface area contributed by atoms with Gasteiger partial charge >= 0.3 is 0 Å². The van der Waals surface area contributed by atoms with Crippen LogP contribution >= 0.6 is 0 Å². The second-order valence-electron chi connectivity index (χ2n) is 6.43. The van der Waals surface area contributed by atoms with Crippen molar-refractivity contribution < 1.29 is 19.3 Å². The van der Waals surface area contributed by atoms with E-state index in [2.05, 4.69) is 30.1 Å². The van der Waals surface area contributed by atoms with Gasteiger partial charge in [-0.1, -0.05) is 12.1 Å². The lowest BCUT2D eigenvalue weighted by Gasteiger charge is -2.31. The minimum Gasteiger partial charge on any atom is -0.504 e. The Labute approximate surface area is 145 Å². The Morgan fingerprint density at radius 3 is 2.64 bits per heavy atom. The van der Waals surface area contributed by atoms with Gasteiger partial charge in [0.25, 0.3) is 0 Å².